The molecule has 0 saturated carbocycles. The molecule has 14 heavy (non-hydrogen) atoms. The van der Waals surface area contributed by atoms with Crippen molar-refractivity contribution in [1.29, 1.82) is 0 Å². The van der Waals surface area contributed by atoms with Crippen molar-refractivity contribution in [3.05, 3.63) is 38.2 Å². The molecule has 79 valence electrons. The molecule has 0 bridgehead atoms. The molecule has 0 fully saturated rings. The van der Waals surface area contributed by atoms with Crippen molar-refractivity contribution in [2.24, 2.45) is 0 Å². The van der Waals surface area contributed by atoms with Gasteiger partial charge in [-0.2, -0.15) is 18.9 Å². The van der Waals surface area contributed by atoms with Crippen LogP contribution in [-0.2, 0) is 21.7 Å². The van der Waals surface area contributed by atoms with Crippen LogP contribution < -0.4 is 0 Å². The summed E-state index contributed by atoms with van der Waals surface area (Å²) in [6.07, 6.45) is 11.7. The fourth-order valence-electron chi connectivity index (χ4n) is 0.340. The molecule has 0 spiro atoms. The van der Waals surface area contributed by atoms with Gasteiger partial charge >= 0.3 is 21.7 Å². The van der Waals surface area contributed by atoms with Gasteiger partial charge in [0, 0.05) is 0 Å². The Morgan fingerprint density at radius 1 is 1.14 bits per heavy atom. The Morgan fingerprint density at radius 3 is 1.64 bits per heavy atom. The molecule has 1 radical (unpaired) electrons. The van der Waals surface area contributed by atoms with Gasteiger partial charge in [0.05, 0.1) is 0 Å². The van der Waals surface area contributed by atoms with Crippen molar-refractivity contribution < 1.29 is 21.7 Å². The summed E-state index contributed by atoms with van der Waals surface area (Å²) in [5.41, 5.74) is 0. The van der Waals surface area contributed by atoms with E-state index in [0.29, 0.717) is 11.8 Å². The summed E-state index contributed by atoms with van der Waals surface area (Å²) >= 11 is 10.2. The van der Waals surface area contributed by atoms with Crippen LogP contribution in [0, 0.1) is 19.9 Å². The quantitative estimate of drug-likeness (QED) is 0.400. The molecule has 0 saturated heterocycles. The van der Waals surface area contributed by atoms with Gasteiger partial charge in [0.2, 0.25) is 0 Å². The Balaban J connectivity index is -0.000000127. The molecule has 0 amide bonds. The van der Waals surface area contributed by atoms with Gasteiger partial charge < -0.3 is 13.8 Å². The number of rotatable bonds is 2. The summed E-state index contributed by atoms with van der Waals surface area (Å²) in [4.78, 5) is 0. The Morgan fingerprint density at radius 2 is 1.57 bits per heavy atom. The second-order valence-electron chi connectivity index (χ2n) is 2.09. The molecule has 3 heteroatoms. The third-order valence-electron chi connectivity index (χ3n) is 0.853. The van der Waals surface area contributed by atoms with Crippen LogP contribution in [0.4, 0.5) is 0 Å². The van der Waals surface area contributed by atoms with Crippen molar-refractivity contribution in [2.45, 2.75) is 19.3 Å². The van der Waals surface area contributed by atoms with Crippen molar-refractivity contribution in [3.63, 3.8) is 0 Å². The molecule has 0 aromatic carbocycles. The second kappa shape index (κ2) is 23.5. The van der Waals surface area contributed by atoms with Crippen molar-refractivity contribution in [2.75, 3.05) is 11.8 Å². The molecular formula is C11H17Cl2Ti. The van der Waals surface area contributed by atoms with E-state index in [0.717, 1.165) is 19.3 Å². The molecule has 0 heterocycles. The zero-order chi connectivity index (χ0) is 10.4. The SMILES string of the molecule is [C-]1=CC=CC1.[CH2-]CCCl.[CH2-]CCCl.[Ti+3]. The number of alkyl halides is 2. The average Bonchev–Trinajstić information content (AvgIpc) is 2.76. The minimum atomic E-state index is 0. The first-order valence-corrected chi connectivity index (χ1v) is 5.32. The van der Waals surface area contributed by atoms with E-state index in [2.05, 4.69) is 26.0 Å². The van der Waals surface area contributed by atoms with E-state index in [1.54, 1.807) is 0 Å². The topological polar surface area (TPSA) is 0 Å². The summed E-state index contributed by atoms with van der Waals surface area (Å²) in [5, 5.41) is 0. The third-order valence-corrected chi connectivity index (χ3v) is 1.39. The van der Waals surface area contributed by atoms with Gasteiger partial charge in [0.15, 0.2) is 0 Å². The molecule has 0 aromatic heterocycles. The van der Waals surface area contributed by atoms with Gasteiger partial charge in [-0.1, -0.05) is 0 Å². The van der Waals surface area contributed by atoms with Gasteiger partial charge in [-0.3, -0.25) is 6.08 Å². The fourth-order valence-corrected chi connectivity index (χ4v) is 0.340. The van der Waals surface area contributed by atoms with Gasteiger partial charge in [-0.15, -0.1) is 29.6 Å². The smallest absolute Gasteiger partial charge is 0.342 e. The first-order valence-electron chi connectivity index (χ1n) is 4.25. The molecule has 0 nitrogen and oxygen atoms in total. The molecule has 0 unspecified atom stereocenters. The first kappa shape index (κ1) is 20.2. The van der Waals surface area contributed by atoms with Crippen molar-refractivity contribution in [3.8, 4) is 0 Å². The molecular weight excluding hydrogens is 251 g/mol. The maximum atomic E-state index is 5.12. The normalized spacial score (nSPS) is 10.6. The molecule has 0 atom stereocenters. The molecule has 0 N–H and O–H groups in total. The van der Waals surface area contributed by atoms with Gasteiger partial charge in [-0.25, -0.2) is 12.2 Å². The zero-order valence-corrected chi connectivity index (χ0v) is 11.5. The van der Waals surface area contributed by atoms with Crippen LogP contribution in [-0.4, -0.2) is 11.8 Å². The maximum Gasteiger partial charge on any atom is 3.00 e. The Hall–Kier alpha value is 0.774. The zero-order valence-electron chi connectivity index (χ0n) is 8.44. The van der Waals surface area contributed by atoms with Crippen LogP contribution in [0.1, 0.15) is 19.3 Å². The second-order valence-corrected chi connectivity index (χ2v) is 2.84. The van der Waals surface area contributed by atoms with E-state index in [4.69, 9.17) is 23.2 Å². The Bertz CT molecular complexity index is 104. The molecule has 0 aliphatic heterocycles. The molecule has 1 rings (SSSR count). The molecule has 0 aromatic rings. The number of allylic oxidation sites excluding steroid dienone is 4. The number of hydrogen-bond donors (Lipinski definition) is 0. The summed E-state index contributed by atoms with van der Waals surface area (Å²) in [6.45, 7) is 6.94. The minimum Gasteiger partial charge on any atom is -0.342 e. The summed E-state index contributed by atoms with van der Waals surface area (Å²) in [5.74, 6) is 1.36. The van der Waals surface area contributed by atoms with E-state index < -0.39 is 0 Å². The van der Waals surface area contributed by atoms with E-state index >= 15 is 0 Å². The Labute approximate surface area is 114 Å². The van der Waals surface area contributed by atoms with Gasteiger partial charge in [-0.05, 0) is 11.8 Å². The largest absolute Gasteiger partial charge is 3.00 e. The van der Waals surface area contributed by atoms with E-state index in [1.807, 2.05) is 12.2 Å². The van der Waals surface area contributed by atoms with Crippen LogP contribution >= 0.6 is 23.2 Å². The summed E-state index contributed by atoms with van der Waals surface area (Å²) in [6, 6.07) is 0. The monoisotopic (exact) mass is 267 g/mol. The maximum absolute atomic E-state index is 5.12. The van der Waals surface area contributed by atoms with Crippen molar-refractivity contribution >= 4 is 23.2 Å². The van der Waals surface area contributed by atoms with Crippen LogP contribution in [0.5, 0.6) is 0 Å². The Kier molecular flexibility index (Phi) is 34.0. The van der Waals surface area contributed by atoms with Crippen LogP contribution in [0.25, 0.3) is 0 Å². The van der Waals surface area contributed by atoms with E-state index in [-0.39, 0.29) is 21.7 Å². The third kappa shape index (κ3) is 29.3. The average molecular weight is 268 g/mol. The number of hydrogen-bond acceptors (Lipinski definition) is 0. The summed E-state index contributed by atoms with van der Waals surface area (Å²) < 4.78 is 0. The van der Waals surface area contributed by atoms with Gasteiger partial charge in [0.1, 0.15) is 0 Å². The standard InChI is InChI=1S/C5H5.2C3H6Cl.Ti/c1-2-4-5-3-1;2*1-2-3-4;/h1-3H,4H2;2*1-3H2;/q3*-1;+3. The first-order chi connectivity index (χ1) is 6.33. The van der Waals surface area contributed by atoms with E-state index in [1.165, 1.54) is 0 Å². The molecule has 1 aliphatic carbocycles. The fraction of sp³-hybridized carbons (Fsp3) is 0.455. The predicted octanol–water partition coefficient (Wildman–Crippen LogP) is 4.20. The van der Waals surface area contributed by atoms with Crippen LogP contribution in [0.15, 0.2) is 18.2 Å². The number of halogens is 2. The van der Waals surface area contributed by atoms with Crippen LogP contribution in [0.3, 0.4) is 0 Å². The molecule has 1 aliphatic rings. The predicted molar refractivity (Wildman–Crippen MR) is 63.0 cm³/mol. The van der Waals surface area contributed by atoms with Crippen LogP contribution in [0.2, 0.25) is 0 Å². The van der Waals surface area contributed by atoms with E-state index in [9.17, 15) is 0 Å². The van der Waals surface area contributed by atoms with Gasteiger partial charge in [0.25, 0.3) is 0 Å². The minimum absolute atomic E-state index is 0. The summed E-state index contributed by atoms with van der Waals surface area (Å²) in [7, 11) is 0. The van der Waals surface area contributed by atoms with Crippen molar-refractivity contribution in [1.82, 2.24) is 0 Å².